The number of hydrogen-bond acceptors (Lipinski definition) is 2. The van der Waals surface area contributed by atoms with E-state index in [1.165, 1.54) is 5.56 Å². The molecule has 14 heavy (non-hydrogen) atoms. The molecule has 1 rings (SSSR count). The molecule has 0 radical (unpaired) electrons. The van der Waals surface area contributed by atoms with Crippen molar-refractivity contribution in [3.8, 4) is 0 Å². The molecular weight excluding hydrogens is 200 g/mol. The molecule has 1 aromatic carbocycles. The molecule has 2 nitrogen and oxygen atoms in total. The van der Waals surface area contributed by atoms with E-state index in [0.717, 1.165) is 12.8 Å². The molecular formula is C11H13ClO2. The molecule has 0 atom stereocenters. The Balaban J connectivity index is 2.13. The van der Waals surface area contributed by atoms with E-state index in [9.17, 15) is 4.79 Å². The Hall–Kier alpha value is -1.02. The van der Waals surface area contributed by atoms with Crippen molar-refractivity contribution in [1.29, 1.82) is 0 Å². The van der Waals surface area contributed by atoms with Crippen LogP contribution in [0, 0.1) is 0 Å². The van der Waals surface area contributed by atoms with Gasteiger partial charge in [0.1, 0.15) is 5.88 Å². The third kappa shape index (κ3) is 4.28. The highest BCUT2D eigenvalue weighted by Crippen LogP contribution is 2.02. The number of carbonyl (C=O) groups is 1. The second kappa shape index (κ2) is 6.44. The Bertz CT molecular complexity index is 272. The van der Waals surface area contributed by atoms with Crippen molar-refractivity contribution in [3.05, 3.63) is 35.9 Å². The molecule has 0 aliphatic rings. The van der Waals surface area contributed by atoms with E-state index in [2.05, 4.69) is 12.1 Å². The van der Waals surface area contributed by atoms with Crippen LogP contribution in [0.5, 0.6) is 0 Å². The maximum absolute atomic E-state index is 10.7. The number of aryl methyl sites for hydroxylation is 1. The highest BCUT2D eigenvalue weighted by Gasteiger charge is 1.98. The number of ether oxygens (including phenoxy) is 1. The van der Waals surface area contributed by atoms with Gasteiger partial charge in [0, 0.05) is 0 Å². The summed E-state index contributed by atoms with van der Waals surface area (Å²) in [5.41, 5.74) is 1.26. The van der Waals surface area contributed by atoms with Gasteiger partial charge in [0.2, 0.25) is 0 Å². The van der Waals surface area contributed by atoms with E-state index in [1.807, 2.05) is 18.2 Å². The van der Waals surface area contributed by atoms with E-state index in [4.69, 9.17) is 16.3 Å². The standard InChI is InChI=1S/C11H13ClO2/c12-9-11(13)14-8-4-7-10-5-2-1-3-6-10/h1-3,5-6H,4,7-9H2. The predicted octanol–water partition coefficient (Wildman–Crippen LogP) is 2.40. The number of halogens is 1. The van der Waals surface area contributed by atoms with Gasteiger partial charge in [-0.05, 0) is 18.4 Å². The first-order valence-electron chi connectivity index (χ1n) is 4.58. The fourth-order valence-electron chi connectivity index (χ4n) is 1.15. The van der Waals surface area contributed by atoms with Crippen molar-refractivity contribution < 1.29 is 9.53 Å². The van der Waals surface area contributed by atoms with Crippen LogP contribution in [0.4, 0.5) is 0 Å². The number of esters is 1. The summed E-state index contributed by atoms with van der Waals surface area (Å²) < 4.78 is 4.84. The average molecular weight is 213 g/mol. The number of rotatable bonds is 5. The number of benzene rings is 1. The van der Waals surface area contributed by atoms with E-state index in [0.29, 0.717) is 6.61 Å². The molecule has 0 heterocycles. The maximum atomic E-state index is 10.7. The van der Waals surface area contributed by atoms with Crippen LogP contribution in [-0.4, -0.2) is 18.5 Å². The lowest BCUT2D eigenvalue weighted by molar-refractivity contribution is -0.140. The second-order valence-corrected chi connectivity index (χ2v) is 3.21. The summed E-state index contributed by atoms with van der Waals surface area (Å²) in [4.78, 5) is 10.7. The summed E-state index contributed by atoms with van der Waals surface area (Å²) in [5, 5.41) is 0. The van der Waals surface area contributed by atoms with E-state index in [-0.39, 0.29) is 11.8 Å². The summed E-state index contributed by atoms with van der Waals surface area (Å²) in [6.45, 7) is 0.445. The van der Waals surface area contributed by atoms with Gasteiger partial charge in [0.25, 0.3) is 0 Å². The van der Waals surface area contributed by atoms with Gasteiger partial charge >= 0.3 is 5.97 Å². The van der Waals surface area contributed by atoms with Crippen LogP contribution in [0.1, 0.15) is 12.0 Å². The van der Waals surface area contributed by atoms with Crippen molar-refractivity contribution in [1.82, 2.24) is 0 Å². The monoisotopic (exact) mass is 212 g/mol. The molecule has 0 bridgehead atoms. The minimum Gasteiger partial charge on any atom is -0.465 e. The van der Waals surface area contributed by atoms with Gasteiger partial charge in [-0.25, -0.2) is 0 Å². The predicted molar refractivity (Wildman–Crippen MR) is 56.4 cm³/mol. The van der Waals surface area contributed by atoms with Crippen LogP contribution in [0.25, 0.3) is 0 Å². The summed E-state index contributed by atoms with van der Waals surface area (Å²) in [5.74, 6) is -0.412. The van der Waals surface area contributed by atoms with Gasteiger partial charge in [0.15, 0.2) is 0 Å². The Morgan fingerprint density at radius 1 is 1.29 bits per heavy atom. The number of hydrogen-bond donors (Lipinski definition) is 0. The zero-order valence-corrected chi connectivity index (χ0v) is 8.67. The lowest BCUT2D eigenvalue weighted by atomic mass is 10.1. The summed E-state index contributed by atoms with van der Waals surface area (Å²) in [7, 11) is 0. The minimum atomic E-state index is -0.347. The van der Waals surface area contributed by atoms with Crippen molar-refractivity contribution in [2.45, 2.75) is 12.8 Å². The van der Waals surface area contributed by atoms with Gasteiger partial charge in [-0.2, -0.15) is 0 Å². The van der Waals surface area contributed by atoms with Crippen LogP contribution < -0.4 is 0 Å². The van der Waals surface area contributed by atoms with Gasteiger partial charge in [-0.15, -0.1) is 11.6 Å². The molecule has 0 N–H and O–H groups in total. The normalized spacial score (nSPS) is 9.79. The minimum absolute atomic E-state index is 0.0641. The summed E-state index contributed by atoms with van der Waals surface area (Å²) in [6, 6.07) is 10.1. The molecule has 0 amide bonds. The third-order valence-electron chi connectivity index (χ3n) is 1.82. The zero-order chi connectivity index (χ0) is 10.2. The van der Waals surface area contributed by atoms with Crippen LogP contribution in [0.2, 0.25) is 0 Å². The molecule has 1 aromatic rings. The van der Waals surface area contributed by atoms with Crippen molar-refractivity contribution in [3.63, 3.8) is 0 Å². The topological polar surface area (TPSA) is 26.3 Å². The SMILES string of the molecule is O=C(CCl)OCCCc1ccccc1. The molecule has 3 heteroatoms. The first-order valence-corrected chi connectivity index (χ1v) is 5.12. The van der Waals surface area contributed by atoms with Crippen molar-refractivity contribution >= 4 is 17.6 Å². The lowest BCUT2D eigenvalue weighted by Crippen LogP contribution is -2.07. The third-order valence-corrected chi connectivity index (χ3v) is 2.04. The lowest BCUT2D eigenvalue weighted by Gasteiger charge is -2.02. The first-order chi connectivity index (χ1) is 6.83. The molecule has 0 saturated heterocycles. The molecule has 0 saturated carbocycles. The highest BCUT2D eigenvalue weighted by atomic mass is 35.5. The van der Waals surface area contributed by atoms with Crippen molar-refractivity contribution in [2.24, 2.45) is 0 Å². The summed E-state index contributed by atoms with van der Waals surface area (Å²) >= 11 is 5.27. The number of carbonyl (C=O) groups excluding carboxylic acids is 1. The Morgan fingerprint density at radius 2 is 2.00 bits per heavy atom. The Labute approximate surface area is 88.8 Å². The zero-order valence-electron chi connectivity index (χ0n) is 7.91. The molecule has 0 spiro atoms. The molecule has 0 aromatic heterocycles. The average Bonchev–Trinajstić information content (AvgIpc) is 2.25. The van der Waals surface area contributed by atoms with Gasteiger partial charge in [-0.3, -0.25) is 4.79 Å². The fraction of sp³-hybridized carbons (Fsp3) is 0.364. The van der Waals surface area contributed by atoms with E-state index < -0.39 is 0 Å². The van der Waals surface area contributed by atoms with Crippen LogP contribution in [-0.2, 0) is 16.0 Å². The van der Waals surface area contributed by atoms with Crippen LogP contribution in [0.15, 0.2) is 30.3 Å². The quantitative estimate of drug-likeness (QED) is 0.426. The van der Waals surface area contributed by atoms with E-state index >= 15 is 0 Å². The van der Waals surface area contributed by atoms with Crippen LogP contribution >= 0.6 is 11.6 Å². The van der Waals surface area contributed by atoms with Gasteiger partial charge in [0.05, 0.1) is 6.61 Å². The molecule has 0 unspecified atom stereocenters. The van der Waals surface area contributed by atoms with Gasteiger partial charge < -0.3 is 4.74 Å². The smallest absolute Gasteiger partial charge is 0.320 e. The highest BCUT2D eigenvalue weighted by molar-refractivity contribution is 6.26. The Kier molecular flexibility index (Phi) is 5.08. The fourth-order valence-corrected chi connectivity index (χ4v) is 1.22. The Morgan fingerprint density at radius 3 is 2.64 bits per heavy atom. The second-order valence-electron chi connectivity index (χ2n) is 2.94. The number of alkyl halides is 1. The molecule has 0 fully saturated rings. The van der Waals surface area contributed by atoms with Gasteiger partial charge in [-0.1, -0.05) is 30.3 Å². The first kappa shape index (κ1) is 11.1. The molecule has 0 aliphatic heterocycles. The van der Waals surface area contributed by atoms with E-state index in [1.54, 1.807) is 0 Å². The summed E-state index contributed by atoms with van der Waals surface area (Å²) in [6.07, 6.45) is 1.77. The van der Waals surface area contributed by atoms with Crippen molar-refractivity contribution in [2.75, 3.05) is 12.5 Å². The van der Waals surface area contributed by atoms with Crippen LogP contribution in [0.3, 0.4) is 0 Å². The molecule has 76 valence electrons. The molecule has 0 aliphatic carbocycles. The maximum Gasteiger partial charge on any atom is 0.320 e. The largest absolute Gasteiger partial charge is 0.465 e.